The van der Waals surface area contributed by atoms with Crippen molar-refractivity contribution in [3.63, 3.8) is 0 Å². The minimum atomic E-state index is -3.84. The summed E-state index contributed by atoms with van der Waals surface area (Å²) < 4.78 is 22.4. The van der Waals surface area contributed by atoms with Gasteiger partial charge in [-0.3, -0.25) is 4.79 Å². The normalized spacial score (nSPS) is 11.5. The lowest BCUT2D eigenvalue weighted by molar-refractivity contribution is 0.0955. The lowest BCUT2D eigenvalue weighted by atomic mass is 10.2. The molecule has 0 spiro atoms. The second-order valence-electron chi connectivity index (χ2n) is 4.18. The molecule has 21 heavy (non-hydrogen) atoms. The molecule has 0 bridgehead atoms. The highest BCUT2D eigenvalue weighted by molar-refractivity contribution is 7.89. The summed E-state index contributed by atoms with van der Waals surface area (Å²) in [6.07, 6.45) is 1.49. The van der Waals surface area contributed by atoms with Gasteiger partial charge >= 0.3 is 0 Å². The minimum Gasteiger partial charge on any atom is -0.267 e. The monoisotopic (exact) mass is 303 g/mol. The molecule has 0 aliphatic heterocycles. The first-order chi connectivity index (χ1) is 9.97. The van der Waals surface area contributed by atoms with Crippen LogP contribution in [0.5, 0.6) is 0 Å². The van der Waals surface area contributed by atoms with Gasteiger partial charge in [-0.15, -0.1) is 0 Å². The lowest BCUT2D eigenvalue weighted by Crippen LogP contribution is -2.19. The standard InChI is InChI=1S/C14H13N3O3S/c15-21(19,20)13-8-4-7-12(9-13)14(18)17-16-10-11-5-2-1-3-6-11/h1-10H,(H,17,18)(H2,15,19,20)/b16-10-. The van der Waals surface area contributed by atoms with E-state index >= 15 is 0 Å². The molecule has 0 aliphatic rings. The molecule has 0 radical (unpaired) electrons. The van der Waals surface area contributed by atoms with Gasteiger partial charge in [-0.05, 0) is 23.8 Å². The van der Waals surface area contributed by atoms with Crippen molar-refractivity contribution in [3.8, 4) is 0 Å². The lowest BCUT2D eigenvalue weighted by Gasteiger charge is -2.02. The molecular formula is C14H13N3O3S. The van der Waals surface area contributed by atoms with Crippen LogP contribution in [0.4, 0.5) is 0 Å². The van der Waals surface area contributed by atoms with Crippen LogP contribution in [0.2, 0.25) is 0 Å². The number of carbonyl (C=O) groups excluding carboxylic acids is 1. The zero-order valence-electron chi connectivity index (χ0n) is 10.9. The first kappa shape index (κ1) is 14.9. The number of nitrogens with zero attached hydrogens (tertiary/aromatic N) is 1. The number of nitrogens with one attached hydrogen (secondary N) is 1. The Hall–Kier alpha value is -2.51. The predicted molar refractivity (Wildman–Crippen MR) is 79.3 cm³/mol. The Morgan fingerprint density at radius 2 is 1.81 bits per heavy atom. The topological polar surface area (TPSA) is 102 Å². The summed E-state index contributed by atoms with van der Waals surface area (Å²) in [7, 11) is -3.84. The van der Waals surface area contributed by atoms with Crippen LogP contribution in [-0.2, 0) is 10.0 Å². The fourth-order valence-electron chi connectivity index (χ4n) is 1.58. The highest BCUT2D eigenvalue weighted by Gasteiger charge is 2.11. The molecule has 6 nitrogen and oxygen atoms in total. The summed E-state index contributed by atoms with van der Waals surface area (Å²) in [5.41, 5.74) is 3.31. The fraction of sp³-hybridized carbons (Fsp3) is 0. The van der Waals surface area contributed by atoms with Crippen molar-refractivity contribution in [1.29, 1.82) is 0 Å². The highest BCUT2D eigenvalue weighted by Crippen LogP contribution is 2.09. The smallest absolute Gasteiger partial charge is 0.267 e. The van der Waals surface area contributed by atoms with Crippen molar-refractivity contribution < 1.29 is 13.2 Å². The number of amides is 1. The Labute approximate surface area is 122 Å². The zero-order chi connectivity index (χ0) is 15.3. The molecule has 2 rings (SSSR count). The largest absolute Gasteiger partial charge is 0.271 e. The number of hydrogen-bond acceptors (Lipinski definition) is 4. The number of rotatable bonds is 4. The van der Waals surface area contributed by atoms with E-state index in [0.29, 0.717) is 0 Å². The maximum absolute atomic E-state index is 11.9. The van der Waals surface area contributed by atoms with Gasteiger partial charge in [0, 0.05) is 5.56 Å². The van der Waals surface area contributed by atoms with E-state index in [-0.39, 0.29) is 10.5 Å². The summed E-state index contributed by atoms with van der Waals surface area (Å²) in [5, 5.41) is 8.82. The van der Waals surface area contributed by atoms with Crippen LogP contribution in [0.1, 0.15) is 15.9 Å². The van der Waals surface area contributed by atoms with Gasteiger partial charge in [-0.1, -0.05) is 36.4 Å². The van der Waals surface area contributed by atoms with Crippen molar-refractivity contribution in [2.75, 3.05) is 0 Å². The van der Waals surface area contributed by atoms with Crippen LogP contribution in [0.25, 0.3) is 0 Å². The van der Waals surface area contributed by atoms with E-state index in [1.54, 1.807) is 0 Å². The summed E-state index contributed by atoms with van der Waals surface area (Å²) in [6.45, 7) is 0. The molecular weight excluding hydrogens is 290 g/mol. The minimum absolute atomic E-state index is 0.123. The second kappa shape index (κ2) is 6.29. The average molecular weight is 303 g/mol. The van der Waals surface area contributed by atoms with Crippen LogP contribution in [-0.4, -0.2) is 20.5 Å². The third-order valence-electron chi connectivity index (χ3n) is 2.60. The van der Waals surface area contributed by atoms with Gasteiger partial charge in [0.1, 0.15) is 0 Å². The quantitative estimate of drug-likeness (QED) is 0.653. The van der Waals surface area contributed by atoms with E-state index in [0.717, 1.165) is 5.56 Å². The summed E-state index contributed by atoms with van der Waals surface area (Å²) in [5.74, 6) is -0.521. The number of carbonyl (C=O) groups is 1. The van der Waals surface area contributed by atoms with E-state index in [9.17, 15) is 13.2 Å². The molecule has 0 fully saturated rings. The van der Waals surface area contributed by atoms with Gasteiger partial charge in [0.05, 0.1) is 11.1 Å². The molecule has 0 heterocycles. The van der Waals surface area contributed by atoms with Gasteiger partial charge in [-0.2, -0.15) is 5.10 Å². The van der Waals surface area contributed by atoms with Gasteiger partial charge in [0.15, 0.2) is 0 Å². The molecule has 7 heteroatoms. The van der Waals surface area contributed by atoms with Crippen LogP contribution in [0, 0.1) is 0 Å². The molecule has 0 saturated carbocycles. The Morgan fingerprint density at radius 3 is 2.48 bits per heavy atom. The van der Waals surface area contributed by atoms with Gasteiger partial charge in [-0.25, -0.2) is 19.0 Å². The van der Waals surface area contributed by atoms with Gasteiger partial charge in [0.25, 0.3) is 5.91 Å². The van der Waals surface area contributed by atoms with Crippen LogP contribution in [0.15, 0.2) is 64.6 Å². The zero-order valence-corrected chi connectivity index (χ0v) is 11.7. The fourth-order valence-corrected chi connectivity index (χ4v) is 2.14. The number of sulfonamides is 1. The Bertz CT molecular complexity index is 771. The van der Waals surface area contributed by atoms with Gasteiger partial charge in [0.2, 0.25) is 10.0 Å². The Balaban J connectivity index is 2.09. The highest BCUT2D eigenvalue weighted by atomic mass is 32.2. The first-order valence-corrected chi connectivity index (χ1v) is 7.53. The van der Waals surface area contributed by atoms with Crippen molar-refractivity contribution in [2.45, 2.75) is 4.90 Å². The van der Waals surface area contributed by atoms with Crippen molar-refractivity contribution in [2.24, 2.45) is 10.2 Å². The van der Waals surface area contributed by atoms with E-state index < -0.39 is 15.9 Å². The Kier molecular flexibility index (Phi) is 4.46. The third-order valence-corrected chi connectivity index (χ3v) is 3.52. The summed E-state index contributed by atoms with van der Waals surface area (Å²) in [4.78, 5) is 11.7. The van der Waals surface area contributed by atoms with Crippen LogP contribution >= 0.6 is 0 Å². The number of hydrogen-bond donors (Lipinski definition) is 2. The molecule has 108 valence electrons. The van der Waals surface area contributed by atoms with E-state index in [2.05, 4.69) is 10.5 Å². The van der Waals surface area contributed by atoms with E-state index in [1.807, 2.05) is 30.3 Å². The molecule has 0 saturated heterocycles. The van der Waals surface area contributed by atoms with E-state index in [1.165, 1.54) is 30.5 Å². The maximum Gasteiger partial charge on any atom is 0.271 e. The molecule has 1 amide bonds. The average Bonchev–Trinajstić information content (AvgIpc) is 2.47. The SMILES string of the molecule is NS(=O)(=O)c1cccc(C(=O)N/N=C\c2ccccc2)c1. The first-order valence-electron chi connectivity index (χ1n) is 5.98. The molecule has 3 N–H and O–H groups in total. The van der Waals surface area contributed by atoms with Crippen LogP contribution in [0.3, 0.4) is 0 Å². The Morgan fingerprint density at radius 1 is 1.10 bits per heavy atom. The van der Waals surface area contributed by atoms with Crippen LogP contribution < -0.4 is 10.6 Å². The molecule has 0 atom stereocenters. The van der Waals surface area contributed by atoms with Crippen molar-refractivity contribution in [1.82, 2.24) is 5.43 Å². The molecule has 0 aliphatic carbocycles. The predicted octanol–water partition coefficient (Wildman–Crippen LogP) is 1.10. The molecule has 2 aromatic rings. The molecule has 0 aromatic heterocycles. The summed E-state index contributed by atoms with van der Waals surface area (Å²) >= 11 is 0. The van der Waals surface area contributed by atoms with E-state index in [4.69, 9.17) is 5.14 Å². The third kappa shape index (κ3) is 4.23. The van der Waals surface area contributed by atoms with Crippen molar-refractivity contribution in [3.05, 3.63) is 65.7 Å². The molecule has 2 aromatic carbocycles. The van der Waals surface area contributed by atoms with Gasteiger partial charge < -0.3 is 0 Å². The second-order valence-corrected chi connectivity index (χ2v) is 5.74. The number of nitrogens with two attached hydrogens (primary N) is 1. The summed E-state index contributed by atoms with van der Waals surface area (Å²) in [6, 6.07) is 14.7. The molecule has 0 unspecified atom stereocenters. The number of benzene rings is 2. The number of primary sulfonamides is 1. The van der Waals surface area contributed by atoms with Crippen molar-refractivity contribution >= 4 is 22.1 Å². The number of hydrazone groups is 1. The maximum atomic E-state index is 11.9.